The van der Waals surface area contributed by atoms with E-state index < -0.39 is 0 Å². The molecule has 1 atom stereocenters. The molecule has 1 aromatic rings. The van der Waals surface area contributed by atoms with Crippen molar-refractivity contribution in [2.75, 3.05) is 52.1 Å². The fourth-order valence-corrected chi connectivity index (χ4v) is 2.17. The van der Waals surface area contributed by atoms with Gasteiger partial charge >= 0.3 is 0 Å². The molecule has 0 amide bonds. The van der Waals surface area contributed by atoms with Crippen LogP contribution in [0.4, 0.5) is 0 Å². The van der Waals surface area contributed by atoms with E-state index in [0.29, 0.717) is 39.6 Å². The van der Waals surface area contributed by atoms with Gasteiger partial charge in [-0.15, -0.1) is 0 Å². The molecule has 5 heteroatoms. The van der Waals surface area contributed by atoms with Gasteiger partial charge in [0.05, 0.1) is 45.7 Å². The molecular formula is C15H23BrO4. The number of hydrogen-bond donors (Lipinski definition) is 0. The summed E-state index contributed by atoms with van der Waals surface area (Å²) in [7, 11) is 1.66. The van der Waals surface area contributed by atoms with Crippen LogP contribution >= 0.6 is 15.9 Å². The van der Waals surface area contributed by atoms with Crippen LogP contribution in [-0.4, -0.2) is 52.1 Å². The van der Waals surface area contributed by atoms with Gasteiger partial charge in [-0.3, -0.25) is 0 Å². The van der Waals surface area contributed by atoms with Crippen molar-refractivity contribution in [2.24, 2.45) is 0 Å². The maximum atomic E-state index is 5.79. The highest BCUT2D eigenvalue weighted by Crippen LogP contribution is 2.18. The van der Waals surface area contributed by atoms with Crippen LogP contribution in [0.15, 0.2) is 30.3 Å². The first kappa shape index (κ1) is 17.6. The molecule has 0 aliphatic heterocycles. The minimum Gasteiger partial charge on any atom is -0.382 e. The van der Waals surface area contributed by atoms with Crippen LogP contribution in [0.2, 0.25) is 0 Å². The highest BCUT2D eigenvalue weighted by molar-refractivity contribution is 9.09. The van der Waals surface area contributed by atoms with Crippen LogP contribution in [-0.2, 0) is 18.9 Å². The number of ether oxygens (including phenoxy) is 4. The van der Waals surface area contributed by atoms with Gasteiger partial charge in [0.1, 0.15) is 0 Å². The number of halogens is 1. The molecule has 20 heavy (non-hydrogen) atoms. The van der Waals surface area contributed by atoms with Gasteiger partial charge in [0.2, 0.25) is 0 Å². The number of hydrogen-bond acceptors (Lipinski definition) is 4. The summed E-state index contributed by atoms with van der Waals surface area (Å²) < 4.78 is 21.4. The van der Waals surface area contributed by atoms with Crippen LogP contribution in [0.25, 0.3) is 0 Å². The fraction of sp³-hybridized carbons (Fsp3) is 0.600. The molecule has 0 aliphatic rings. The average molecular weight is 347 g/mol. The number of alkyl halides is 1. The normalized spacial score (nSPS) is 12.5. The lowest BCUT2D eigenvalue weighted by Gasteiger charge is -2.15. The van der Waals surface area contributed by atoms with E-state index in [4.69, 9.17) is 18.9 Å². The maximum absolute atomic E-state index is 5.79. The standard InChI is InChI=1S/C15H23BrO4/c1-17-7-8-18-9-10-19-11-12-20-15(13-16)14-5-3-2-4-6-14/h2-6,15H,7-13H2,1H3. The smallest absolute Gasteiger partial charge is 0.0922 e. The van der Waals surface area contributed by atoms with E-state index in [1.165, 1.54) is 5.56 Å². The predicted molar refractivity (Wildman–Crippen MR) is 82.4 cm³/mol. The van der Waals surface area contributed by atoms with Crippen LogP contribution in [0.3, 0.4) is 0 Å². The summed E-state index contributed by atoms with van der Waals surface area (Å²) >= 11 is 3.47. The molecule has 0 N–H and O–H groups in total. The molecule has 0 aromatic heterocycles. The molecule has 4 nitrogen and oxygen atoms in total. The second-order valence-electron chi connectivity index (χ2n) is 4.14. The van der Waals surface area contributed by atoms with Gasteiger partial charge in [-0.2, -0.15) is 0 Å². The van der Waals surface area contributed by atoms with Gasteiger partial charge in [-0.1, -0.05) is 46.3 Å². The van der Waals surface area contributed by atoms with Gasteiger partial charge in [-0.25, -0.2) is 0 Å². The van der Waals surface area contributed by atoms with Crippen molar-refractivity contribution in [3.8, 4) is 0 Å². The van der Waals surface area contributed by atoms with Crippen molar-refractivity contribution in [1.29, 1.82) is 0 Å². The Bertz CT molecular complexity index is 321. The Hall–Kier alpha value is -0.460. The van der Waals surface area contributed by atoms with E-state index in [9.17, 15) is 0 Å². The zero-order valence-corrected chi connectivity index (χ0v) is 13.5. The zero-order chi connectivity index (χ0) is 14.5. The molecule has 0 fully saturated rings. The van der Waals surface area contributed by atoms with Crippen LogP contribution in [0.1, 0.15) is 11.7 Å². The fourth-order valence-electron chi connectivity index (χ4n) is 1.61. The highest BCUT2D eigenvalue weighted by atomic mass is 79.9. The summed E-state index contributed by atoms with van der Waals surface area (Å²) in [6.07, 6.45) is 0.0674. The summed E-state index contributed by atoms with van der Waals surface area (Å²) in [5, 5.41) is 0.775. The SMILES string of the molecule is COCCOCCOCCOC(CBr)c1ccccc1. The summed E-state index contributed by atoms with van der Waals surface area (Å²) in [4.78, 5) is 0. The molecular weight excluding hydrogens is 324 g/mol. The van der Waals surface area contributed by atoms with E-state index in [0.717, 1.165) is 5.33 Å². The Balaban J connectivity index is 2.02. The van der Waals surface area contributed by atoms with Crippen LogP contribution in [0.5, 0.6) is 0 Å². The second-order valence-corrected chi connectivity index (χ2v) is 4.79. The number of rotatable bonds is 12. The lowest BCUT2D eigenvalue weighted by molar-refractivity contribution is -0.0113. The van der Waals surface area contributed by atoms with Gasteiger partial charge < -0.3 is 18.9 Å². The first-order chi connectivity index (χ1) is 9.88. The third kappa shape index (κ3) is 7.97. The van der Waals surface area contributed by atoms with Gasteiger partial charge in [0, 0.05) is 12.4 Å². The average Bonchev–Trinajstić information content (AvgIpc) is 2.50. The summed E-state index contributed by atoms with van der Waals surface area (Å²) in [6, 6.07) is 10.2. The Kier molecular flexibility index (Phi) is 10.8. The molecule has 114 valence electrons. The van der Waals surface area contributed by atoms with Crippen LogP contribution in [0, 0.1) is 0 Å². The molecule has 0 aliphatic carbocycles. The molecule has 1 unspecified atom stereocenters. The third-order valence-corrected chi connectivity index (χ3v) is 3.25. The van der Waals surface area contributed by atoms with Crippen molar-refractivity contribution < 1.29 is 18.9 Å². The molecule has 0 heterocycles. The van der Waals surface area contributed by atoms with Gasteiger partial charge in [0.15, 0.2) is 0 Å². The third-order valence-electron chi connectivity index (χ3n) is 2.66. The second kappa shape index (κ2) is 12.3. The van der Waals surface area contributed by atoms with Gasteiger partial charge in [-0.05, 0) is 5.56 Å². The summed E-state index contributed by atoms with van der Waals surface area (Å²) in [5.41, 5.74) is 1.17. The Morgan fingerprint density at radius 1 is 0.900 bits per heavy atom. The van der Waals surface area contributed by atoms with Crippen molar-refractivity contribution in [3.63, 3.8) is 0 Å². The Morgan fingerprint density at radius 2 is 1.50 bits per heavy atom. The highest BCUT2D eigenvalue weighted by Gasteiger charge is 2.09. The van der Waals surface area contributed by atoms with Crippen molar-refractivity contribution in [2.45, 2.75) is 6.10 Å². The lowest BCUT2D eigenvalue weighted by atomic mass is 10.1. The summed E-state index contributed by atoms with van der Waals surface area (Å²) in [5.74, 6) is 0. The van der Waals surface area contributed by atoms with E-state index in [-0.39, 0.29) is 6.10 Å². The first-order valence-electron chi connectivity index (χ1n) is 6.75. The molecule has 0 saturated heterocycles. The lowest BCUT2D eigenvalue weighted by Crippen LogP contribution is -2.13. The number of methoxy groups -OCH3 is 1. The van der Waals surface area contributed by atoms with Gasteiger partial charge in [0.25, 0.3) is 0 Å². The maximum Gasteiger partial charge on any atom is 0.0922 e. The quantitative estimate of drug-likeness (QED) is 0.430. The number of benzene rings is 1. The Labute approximate surface area is 129 Å². The zero-order valence-electron chi connectivity index (χ0n) is 11.9. The van der Waals surface area contributed by atoms with Crippen LogP contribution < -0.4 is 0 Å². The minimum absolute atomic E-state index is 0.0674. The van der Waals surface area contributed by atoms with E-state index in [2.05, 4.69) is 28.1 Å². The van der Waals surface area contributed by atoms with E-state index >= 15 is 0 Å². The molecule has 0 saturated carbocycles. The topological polar surface area (TPSA) is 36.9 Å². The molecule has 1 aromatic carbocycles. The predicted octanol–water partition coefficient (Wildman–Crippen LogP) is 2.82. The Morgan fingerprint density at radius 3 is 2.10 bits per heavy atom. The largest absolute Gasteiger partial charge is 0.382 e. The van der Waals surface area contributed by atoms with Crippen molar-refractivity contribution in [3.05, 3.63) is 35.9 Å². The van der Waals surface area contributed by atoms with E-state index in [1.807, 2.05) is 18.2 Å². The molecule has 0 radical (unpaired) electrons. The minimum atomic E-state index is 0.0674. The van der Waals surface area contributed by atoms with Crippen molar-refractivity contribution in [1.82, 2.24) is 0 Å². The summed E-state index contributed by atoms with van der Waals surface area (Å²) in [6.45, 7) is 3.54. The monoisotopic (exact) mass is 346 g/mol. The van der Waals surface area contributed by atoms with E-state index in [1.54, 1.807) is 7.11 Å². The first-order valence-corrected chi connectivity index (χ1v) is 7.87. The molecule has 0 bridgehead atoms. The molecule has 1 rings (SSSR count). The van der Waals surface area contributed by atoms with Crippen molar-refractivity contribution >= 4 is 15.9 Å². The molecule has 0 spiro atoms.